The van der Waals surface area contributed by atoms with E-state index in [1.165, 1.54) is 10.6 Å². The van der Waals surface area contributed by atoms with Crippen LogP contribution < -0.4 is 10.5 Å². The number of fused-ring (bicyclic) bond motifs is 2. The van der Waals surface area contributed by atoms with Crippen molar-refractivity contribution in [2.45, 2.75) is 26.5 Å². The lowest BCUT2D eigenvalue weighted by atomic mass is 10.0. The monoisotopic (exact) mass is 450 g/mol. The third kappa shape index (κ3) is 3.93. The van der Waals surface area contributed by atoms with Crippen molar-refractivity contribution in [2.75, 3.05) is 18.6 Å². The van der Waals surface area contributed by atoms with Crippen molar-refractivity contribution in [3.63, 3.8) is 0 Å². The van der Waals surface area contributed by atoms with E-state index in [0.717, 1.165) is 29.1 Å². The van der Waals surface area contributed by atoms with E-state index in [-0.39, 0.29) is 17.9 Å². The van der Waals surface area contributed by atoms with E-state index in [1.54, 1.807) is 13.3 Å². The number of rotatable bonds is 4. The van der Waals surface area contributed by atoms with Gasteiger partial charge in [0.2, 0.25) is 0 Å². The number of methoxy groups -OCH3 is 1. The molecule has 0 N–H and O–H groups in total. The normalized spacial score (nSPS) is 13.4. The standard InChI is InChI=1S/C23H20F2N6O2/c1-13-5-20-28-17(12-33-2)8-21(32)31(20)29-23(13)30-4-3-19-15(11-30)6-14(9-26-19)22-18(25)7-16(24)10-27-22/h5-10H,3-4,11-12H2,1-2H3. The van der Waals surface area contributed by atoms with E-state index < -0.39 is 11.6 Å². The first-order valence-corrected chi connectivity index (χ1v) is 10.4. The molecule has 10 heteroatoms. The van der Waals surface area contributed by atoms with Crippen LogP contribution in [0.1, 0.15) is 22.5 Å². The molecule has 0 unspecified atom stereocenters. The summed E-state index contributed by atoms with van der Waals surface area (Å²) in [4.78, 5) is 27.4. The maximum Gasteiger partial charge on any atom is 0.274 e. The number of aromatic nitrogens is 5. The zero-order valence-corrected chi connectivity index (χ0v) is 18.0. The minimum atomic E-state index is -0.740. The Morgan fingerprint density at radius 2 is 1.97 bits per heavy atom. The molecular weight excluding hydrogens is 430 g/mol. The van der Waals surface area contributed by atoms with Gasteiger partial charge in [-0.25, -0.2) is 13.8 Å². The molecule has 0 saturated carbocycles. The molecule has 0 fully saturated rings. The zero-order chi connectivity index (χ0) is 23.1. The van der Waals surface area contributed by atoms with Crippen LogP contribution in [0.2, 0.25) is 0 Å². The van der Waals surface area contributed by atoms with Gasteiger partial charge in [0.25, 0.3) is 5.56 Å². The fraction of sp³-hybridized carbons (Fsp3) is 0.261. The predicted octanol–water partition coefficient (Wildman–Crippen LogP) is 2.84. The van der Waals surface area contributed by atoms with Gasteiger partial charge < -0.3 is 9.64 Å². The summed E-state index contributed by atoms with van der Waals surface area (Å²) >= 11 is 0. The molecule has 0 radical (unpaired) electrons. The Bertz CT molecular complexity index is 1440. The van der Waals surface area contributed by atoms with Gasteiger partial charge in [-0.15, -0.1) is 5.10 Å². The highest BCUT2D eigenvalue weighted by Gasteiger charge is 2.22. The summed E-state index contributed by atoms with van der Waals surface area (Å²) in [5.41, 5.74) is 3.91. The van der Waals surface area contributed by atoms with E-state index in [4.69, 9.17) is 4.74 Å². The topological polar surface area (TPSA) is 85.5 Å². The summed E-state index contributed by atoms with van der Waals surface area (Å²) in [6, 6.07) is 5.86. The number of aryl methyl sites for hydroxylation is 1. The van der Waals surface area contributed by atoms with Crippen molar-refractivity contribution in [1.29, 1.82) is 0 Å². The minimum Gasteiger partial charge on any atom is -0.378 e. The molecule has 0 spiro atoms. The average Bonchev–Trinajstić information content (AvgIpc) is 2.78. The average molecular weight is 450 g/mol. The van der Waals surface area contributed by atoms with Crippen LogP contribution in [0, 0.1) is 18.6 Å². The van der Waals surface area contributed by atoms with Crippen molar-refractivity contribution in [3.05, 3.63) is 81.2 Å². The lowest BCUT2D eigenvalue weighted by Gasteiger charge is -2.30. The van der Waals surface area contributed by atoms with Crippen molar-refractivity contribution in [2.24, 2.45) is 0 Å². The van der Waals surface area contributed by atoms with Gasteiger partial charge in [0.15, 0.2) is 17.3 Å². The van der Waals surface area contributed by atoms with Gasteiger partial charge in [0.1, 0.15) is 11.5 Å². The molecule has 0 atom stereocenters. The van der Waals surface area contributed by atoms with Crippen LogP contribution in [0.3, 0.4) is 0 Å². The third-order valence-corrected chi connectivity index (χ3v) is 5.58. The summed E-state index contributed by atoms with van der Waals surface area (Å²) in [7, 11) is 1.55. The Kier molecular flexibility index (Phi) is 5.29. The molecule has 0 aromatic carbocycles. The van der Waals surface area contributed by atoms with Crippen LogP contribution in [-0.2, 0) is 24.3 Å². The first kappa shape index (κ1) is 21.1. The van der Waals surface area contributed by atoms with Crippen molar-refractivity contribution >= 4 is 11.5 Å². The largest absolute Gasteiger partial charge is 0.378 e. The minimum absolute atomic E-state index is 0.0494. The number of hydrogen-bond acceptors (Lipinski definition) is 7. The predicted molar refractivity (Wildman–Crippen MR) is 117 cm³/mol. The van der Waals surface area contributed by atoms with Crippen LogP contribution in [0.4, 0.5) is 14.6 Å². The van der Waals surface area contributed by atoms with E-state index in [1.807, 2.05) is 24.0 Å². The number of ether oxygens (including phenoxy) is 1. The molecule has 0 saturated heterocycles. The highest BCUT2D eigenvalue weighted by Crippen LogP contribution is 2.28. The summed E-state index contributed by atoms with van der Waals surface area (Å²) in [5, 5.41) is 4.57. The van der Waals surface area contributed by atoms with Crippen LogP contribution in [-0.4, -0.2) is 38.2 Å². The van der Waals surface area contributed by atoms with E-state index in [9.17, 15) is 13.6 Å². The Hall–Kier alpha value is -3.79. The molecule has 168 valence electrons. The number of hydrogen-bond donors (Lipinski definition) is 0. The number of nitrogens with zero attached hydrogens (tertiary/aromatic N) is 6. The van der Waals surface area contributed by atoms with E-state index >= 15 is 0 Å². The summed E-state index contributed by atoms with van der Waals surface area (Å²) in [6.07, 6.45) is 3.20. The molecule has 1 aliphatic heterocycles. The molecule has 33 heavy (non-hydrogen) atoms. The summed E-state index contributed by atoms with van der Waals surface area (Å²) < 4.78 is 33.8. The van der Waals surface area contributed by atoms with Gasteiger partial charge in [-0.2, -0.15) is 4.52 Å². The van der Waals surface area contributed by atoms with Crippen molar-refractivity contribution in [3.8, 4) is 11.3 Å². The SMILES string of the molecule is COCc1cc(=O)n2nc(N3CCc4ncc(-c5ncc(F)cc5F)cc4C3)c(C)cc2n1. The molecule has 8 nitrogen and oxygen atoms in total. The highest BCUT2D eigenvalue weighted by atomic mass is 19.1. The van der Waals surface area contributed by atoms with E-state index in [2.05, 4.69) is 20.1 Å². The van der Waals surface area contributed by atoms with Gasteiger partial charge >= 0.3 is 0 Å². The molecule has 0 amide bonds. The van der Waals surface area contributed by atoms with Crippen molar-refractivity contribution < 1.29 is 13.5 Å². The second kappa shape index (κ2) is 8.28. The molecular formula is C23H20F2N6O2. The van der Waals surface area contributed by atoms with Crippen LogP contribution in [0.15, 0.2) is 41.5 Å². The third-order valence-electron chi connectivity index (χ3n) is 5.58. The second-order valence-corrected chi connectivity index (χ2v) is 7.93. The molecule has 0 bridgehead atoms. The molecule has 5 rings (SSSR count). The van der Waals surface area contributed by atoms with Crippen molar-refractivity contribution in [1.82, 2.24) is 24.6 Å². The highest BCUT2D eigenvalue weighted by molar-refractivity contribution is 5.61. The van der Waals surface area contributed by atoms with Gasteiger partial charge in [0.05, 0.1) is 18.5 Å². The molecule has 4 aromatic heterocycles. The van der Waals surface area contributed by atoms with Crippen LogP contribution in [0.25, 0.3) is 16.9 Å². The van der Waals surface area contributed by atoms with Crippen LogP contribution >= 0.6 is 0 Å². The number of anilines is 1. The fourth-order valence-electron chi connectivity index (χ4n) is 4.07. The van der Waals surface area contributed by atoms with Gasteiger partial charge in [-0.1, -0.05) is 0 Å². The molecule has 1 aliphatic rings. The Morgan fingerprint density at radius 3 is 2.76 bits per heavy atom. The summed E-state index contributed by atoms with van der Waals surface area (Å²) in [5.74, 6) is -0.811. The van der Waals surface area contributed by atoms with E-state index in [0.29, 0.717) is 42.2 Å². The van der Waals surface area contributed by atoms with Gasteiger partial charge in [-0.05, 0) is 30.2 Å². The fourth-order valence-corrected chi connectivity index (χ4v) is 4.07. The Balaban J connectivity index is 1.50. The Labute approximate surface area is 187 Å². The quantitative estimate of drug-likeness (QED) is 0.473. The number of halogens is 2. The summed E-state index contributed by atoms with van der Waals surface area (Å²) in [6.45, 7) is 3.29. The first-order chi connectivity index (χ1) is 15.9. The molecule has 4 aromatic rings. The van der Waals surface area contributed by atoms with Crippen LogP contribution in [0.5, 0.6) is 0 Å². The first-order valence-electron chi connectivity index (χ1n) is 10.4. The second-order valence-electron chi connectivity index (χ2n) is 7.93. The maximum absolute atomic E-state index is 14.2. The lowest BCUT2D eigenvalue weighted by Crippen LogP contribution is -2.33. The Morgan fingerprint density at radius 1 is 1.12 bits per heavy atom. The number of pyridine rings is 2. The smallest absolute Gasteiger partial charge is 0.274 e. The maximum atomic E-state index is 14.2. The zero-order valence-electron chi connectivity index (χ0n) is 18.0. The molecule has 5 heterocycles. The van der Waals surface area contributed by atoms with Gasteiger partial charge in [0, 0.05) is 56.2 Å². The lowest BCUT2D eigenvalue weighted by molar-refractivity contribution is 0.181. The molecule has 0 aliphatic carbocycles. The van der Waals surface area contributed by atoms with Gasteiger partial charge in [-0.3, -0.25) is 14.8 Å².